The Morgan fingerprint density at radius 1 is 1.11 bits per heavy atom. The molecule has 102 valence electrons. The Morgan fingerprint density at radius 2 is 1.79 bits per heavy atom. The first-order valence-electron chi connectivity index (χ1n) is 6.89. The third-order valence-electron chi connectivity index (χ3n) is 3.32. The second kappa shape index (κ2) is 6.02. The maximum atomic E-state index is 4.43. The molecule has 3 heteroatoms. The van der Waals surface area contributed by atoms with E-state index in [4.69, 9.17) is 0 Å². The molecule has 0 amide bonds. The SMILES string of the molecule is CCNCc1cnc(C)n1Cc1cc(C)cc(C)c1. The second-order valence-electron chi connectivity index (χ2n) is 5.16. The van der Waals surface area contributed by atoms with E-state index in [1.54, 1.807) is 0 Å². The zero-order valence-corrected chi connectivity index (χ0v) is 12.3. The lowest BCUT2D eigenvalue weighted by Crippen LogP contribution is -2.16. The fourth-order valence-electron chi connectivity index (χ4n) is 2.47. The van der Waals surface area contributed by atoms with Gasteiger partial charge in [-0.1, -0.05) is 36.2 Å². The summed E-state index contributed by atoms with van der Waals surface area (Å²) in [5, 5.41) is 3.37. The van der Waals surface area contributed by atoms with Gasteiger partial charge >= 0.3 is 0 Å². The van der Waals surface area contributed by atoms with Crippen molar-refractivity contribution in [1.82, 2.24) is 14.9 Å². The summed E-state index contributed by atoms with van der Waals surface area (Å²) < 4.78 is 2.29. The van der Waals surface area contributed by atoms with Crippen LogP contribution in [0.2, 0.25) is 0 Å². The Kier molecular flexibility index (Phi) is 4.38. The predicted molar refractivity (Wildman–Crippen MR) is 79.4 cm³/mol. The molecule has 19 heavy (non-hydrogen) atoms. The van der Waals surface area contributed by atoms with Crippen LogP contribution in [-0.2, 0) is 13.1 Å². The van der Waals surface area contributed by atoms with E-state index in [0.29, 0.717) is 0 Å². The van der Waals surface area contributed by atoms with Gasteiger partial charge in [-0.3, -0.25) is 0 Å². The summed E-state index contributed by atoms with van der Waals surface area (Å²) in [5.41, 5.74) is 5.23. The van der Waals surface area contributed by atoms with Crippen molar-refractivity contribution in [3.05, 3.63) is 52.6 Å². The van der Waals surface area contributed by atoms with Crippen molar-refractivity contribution in [2.45, 2.75) is 40.8 Å². The van der Waals surface area contributed by atoms with Gasteiger partial charge in [-0.05, 0) is 32.9 Å². The molecule has 3 nitrogen and oxygen atoms in total. The van der Waals surface area contributed by atoms with Crippen molar-refractivity contribution >= 4 is 0 Å². The smallest absolute Gasteiger partial charge is 0.106 e. The van der Waals surface area contributed by atoms with E-state index in [9.17, 15) is 0 Å². The van der Waals surface area contributed by atoms with Crippen LogP contribution in [-0.4, -0.2) is 16.1 Å². The van der Waals surface area contributed by atoms with E-state index in [1.807, 2.05) is 6.20 Å². The highest BCUT2D eigenvalue weighted by Crippen LogP contribution is 2.13. The Bertz CT molecular complexity index is 535. The summed E-state index contributed by atoms with van der Waals surface area (Å²) in [5.74, 6) is 1.08. The molecule has 0 atom stereocenters. The van der Waals surface area contributed by atoms with E-state index >= 15 is 0 Å². The molecular formula is C16H23N3. The van der Waals surface area contributed by atoms with Crippen LogP contribution in [0.25, 0.3) is 0 Å². The van der Waals surface area contributed by atoms with Crippen molar-refractivity contribution in [3.63, 3.8) is 0 Å². The minimum absolute atomic E-state index is 0.877. The molecule has 0 bridgehead atoms. The van der Waals surface area contributed by atoms with Crippen molar-refractivity contribution in [2.75, 3.05) is 6.54 Å². The van der Waals surface area contributed by atoms with E-state index in [0.717, 1.165) is 25.5 Å². The van der Waals surface area contributed by atoms with E-state index < -0.39 is 0 Å². The zero-order chi connectivity index (χ0) is 13.8. The second-order valence-corrected chi connectivity index (χ2v) is 5.16. The molecule has 1 heterocycles. The Labute approximate surface area is 115 Å². The number of hydrogen-bond donors (Lipinski definition) is 1. The molecule has 0 saturated carbocycles. The van der Waals surface area contributed by atoms with Crippen LogP contribution in [0.5, 0.6) is 0 Å². The van der Waals surface area contributed by atoms with Gasteiger partial charge in [-0.25, -0.2) is 4.98 Å². The maximum absolute atomic E-state index is 4.43. The Hall–Kier alpha value is -1.61. The van der Waals surface area contributed by atoms with Crippen LogP contribution in [0.3, 0.4) is 0 Å². The van der Waals surface area contributed by atoms with Crippen LogP contribution in [0, 0.1) is 20.8 Å². The number of hydrogen-bond acceptors (Lipinski definition) is 2. The number of aromatic nitrogens is 2. The first-order valence-corrected chi connectivity index (χ1v) is 6.89. The van der Waals surface area contributed by atoms with Gasteiger partial charge in [0.15, 0.2) is 0 Å². The average molecular weight is 257 g/mol. The van der Waals surface area contributed by atoms with Crippen LogP contribution in [0.4, 0.5) is 0 Å². The van der Waals surface area contributed by atoms with E-state index in [2.05, 4.69) is 60.8 Å². The maximum Gasteiger partial charge on any atom is 0.106 e. The first-order chi connectivity index (χ1) is 9.10. The lowest BCUT2D eigenvalue weighted by molar-refractivity contribution is 0.646. The van der Waals surface area contributed by atoms with Crippen LogP contribution < -0.4 is 5.32 Å². The molecule has 1 aromatic carbocycles. The molecule has 0 aliphatic carbocycles. The number of benzene rings is 1. The van der Waals surface area contributed by atoms with Gasteiger partial charge in [0.2, 0.25) is 0 Å². The van der Waals surface area contributed by atoms with Crippen LogP contribution in [0.1, 0.15) is 35.1 Å². The molecule has 0 saturated heterocycles. The quantitative estimate of drug-likeness (QED) is 0.892. The van der Waals surface area contributed by atoms with Crippen molar-refractivity contribution < 1.29 is 0 Å². The molecule has 0 spiro atoms. The average Bonchev–Trinajstić information content (AvgIpc) is 2.67. The number of nitrogens with zero attached hydrogens (tertiary/aromatic N) is 2. The minimum Gasteiger partial charge on any atom is -0.327 e. The van der Waals surface area contributed by atoms with Crippen molar-refractivity contribution in [2.24, 2.45) is 0 Å². The van der Waals surface area contributed by atoms with Crippen molar-refractivity contribution in [1.29, 1.82) is 0 Å². The molecule has 0 radical (unpaired) electrons. The normalized spacial score (nSPS) is 10.9. The summed E-state index contributed by atoms with van der Waals surface area (Å²) in [6.45, 7) is 11.2. The fourth-order valence-corrected chi connectivity index (χ4v) is 2.47. The van der Waals surface area contributed by atoms with E-state index in [-0.39, 0.29) is 0 Å². The van der Waals surface area contributed by atoms with Gasteiger partial charge in [0.05, 0.1) is 5.69 Å². The molecule has 0 aliphatic rings. The third-order valence-corrected chi connectivity index (χ3v) is 3.32. The largest absolute Gasteiger partial charge is 0.327 e. The highest BCUT2D eigenvalue weighted by atomic mass is 15.1. The van der Waals surface area contributed by atoms with E-state index in [1.165, 1.54) is 22.4 Å². The van der Waals surface area contributed by atoms with Crippen LogP contribution >= 0.6 is 0 Å². The first kappa shape index (κ1) is 13.8. The standard InChI is InChI=1S/C16H23N3/c1-5-17-9-16-10-18-14(4)19(16)11-15-7-12(2)6-13(3)8-15/h6-8,10,17H,5,9,11H2,1-4H3. The van der Waals surface area contributed by atoms with Gasteiger partial charge in [0.25, 0.3) is 0 Å². The zero-order valence-electron chi connectivity index (χ0n) is 12.3. The van der Waals surface area contributed by atoms with Gasteiger partial charge in [0.1, 0.15) is 5.82 Å². The summed E-state index contributed by atoms with van der Waals surface area (Å²) in [6.07, 6.45) is 1.97. The van der Waals surface area contributed by atoms with Gasteiger partial charge in [-0.15, -0.1) is 0 Å². The number of aryl methyl sites for hydroxylation is 3. The lowest BCUT2D eigenvalue weighted by atomic mass is 10.1. The van der Waals surface area contributed by atoms with Crippen LogP contribution in [0.15, 0.2) is 24.4 Å². The van der Waals surface area contributed by atoms with Gasteiger partial charge in [0, 0.05) is 19.3 Å². The molecule has 0 fully saturated rings. The monoisotopic (exact) mass is 257 g/mol. The summed E-state index contributed by atoms with van der Waals surface area (Å²) in [6, 6.07) is 6.72. The molecule has 1 N–H and O–H groups in total. The fraction of sp³-hybridized carbons (Fsp3) is 0.438. The topological polar surface area (TPSA) is 29.9 Å². The lowest BCUT2D eigenvalue weighted by Gasteiger charge is -2.12. The highest BCUT2D eigenvalue weighted by Gasteiger charge is 2.07. The Balaban J connectivity index is 2.24. The van der Waals surface area contributed by atoms with Gasteiger partial charge in [-0.2, -0.15) is 0 Å². The predicted octanol–water partition coefficient (Wildman–Crippen LogP) is 2.97. The highest BCUT2D eigenvalue weighted by molar-refractivity contribution is 5.29. The molecule has 1 aromatic heterocycles. The summed E-state index contributed by atoms with van der Waals surface area (Å²) in [7, 11) is 0. The summed E-state index contributed by atoms with van der Waals surface area (Å²) >= 11 is 0. The number of rotatable bonds is 5. The molecule has 2 aromatic rings. The third kappa shape index (κ3) is 3.44. The minimum atomic E-state index is 0.877. The number of nitrogens with one attached hydrogen (secondary N) is 1. The molecule has 0 unspecified atom stereocenters. The summed E-state index contributed by atoms with van der Waals surface area (Å²) in [4.78, 5) is 4.43. The Morgan fingerprint density at radius 3 is 2.42 bits per heavy atom. The van der Waals surface area contributed by atoms with Gasteiger partial charge < -0.3 is 9.88 Å². The molecule has 2 rings (SSSR count). The number of imidazole rings is 1. The van der Waals surface area contributed by atoms with Crippen molar-refractivity contribution in [3.8, 4) is 0 Å². The molecular weight excluding hydrogens is 234 g/mol. The molecule has 0 aliphatic heterocycles.